The molecule has 2 saturated heterocycles. The highest BCUT2D eigenvalue weighted by Crippen LogP contribution is 2.44. The lowest BCUT2D eigenvalue weighted by Gasteiger charge is -2.52. The molecule has 0 spiro atoms. The van der Waals surface area contributed by atoms with Crippen molar-refractivity contribution in [3.63, 3.8) is 0 Å². The first-order chi connectivity index (χ1) is 24.2. The fourth-order valence-corrected chi connectivity index (χ4v) is 13.6. The van der Waals surface area contributed by atoms with Crippen molar-refractivity contribution in [3.8, 4) is 0 Å². The fraction of sp³-hybridized carbons (Fsp3) is 1.00. The minimum atomic E-state index is -2.26. The average Bonchev–Trinajstić information content (AvgIpc) is 3.15. The Hall–Kier alpha value is 1.30. The molecule has 0 radical (unpaired) electrons. The molecule has 55 heavy (non-hydrogen) atoms. The van der Waals surface area contributed by atoms with E-state index in [1.807, 2.05) is 0 Å². The minimum Gasteiger partial charge on any atom is -0.415 e. The largest absolute Gasteiger partial charge is 0.415 e. The molecule has 1 unspecified atom stereocenters. The summed E-state index contributed by atoms with van der Waals surface area (Å²) in [5, 5.41) is 0. The summed E-state index contributed by atoms with van der Waals surface area (Å²) in [6.45, 7) is 53.6. The maximum atomic E-state index is 7.53. The Morgan fingerprint density at radius 3 is 1.15 bits per heavy atom. The van der Waals surface area contributed by atoms with Gasteiger partial charge in [-0.25, -0.2) is 0 Å². The van der Waals surface area contributed by atoms with E-state index < -0.39 is 121 Å². The normalized spacial score (nSPS) is 31.0. The van der Waals surface area contributed by atoms with Crippen LogP contribution in [0.4, 0.5) is 0 Å². The van der Waals surface area contributed by atoms with Gasteiger partial charge in [-0.3, -0.25) is 0 Å². The van der Waals surface area contributed by atoms with Crippen molar-refractivity contribution in [1.29, 1.82) is 0 Å². The van der Waals surface area contributed by atoms with Gasteiger partial charge < -0.3 is 49.6 Å². The summed E-state index contributed by atoms with van der Waals surface area (Å²) >= 11 is 0. The highest BCUT2D eigenvalue weighted by atomic mass is 28.4. The molecule has 0 aromatic rings. The van der Waals surface area contributed by atoms with Crippen molar-refractivity contribution in [1.82, 2.24) is 0 Å². The van der Waals surface area contributed by atoms with Gasteiger partial charge in [0.15, 0.2) is 72.8 Å². The Morgan fingerprint density at radius 2 is 0.745 bits per heavy atom. The van der Waals surface area contributed by atoms with Gasteiger partial charge in [-0.15, -0.1) is 0 Å². The zero-order valence-electron chi connectivity index (χ0n) is 39.7. The molecule has 2 fully saturated rings. The van der Waals surface area contributed by atoms with Crippen molar-refractivity contribution >= 4 is 66.5 Å². The van der Waals surface area contributed by atoms with E-state index in [1.54, 1.807) is 0 Å². The Morgan fingerprint density at radius 1 is 0.382 bits per heavy atom. The van der Waals surface area contributed by atoms with Crippen molar-refractivity contribution in [2.45, 2.75) is 212 Å². The number of hydrogen-bond donors (Lipinski definition) is 0. The molecule has 0 aromatic carbocycles. The van der Waals surface area contributed by atoms with E-state index in [9.17, 15) is 0 Å². The standard InChI is InChI=1S/C36H86O11Si8/c1-48(2,3)37-25-28-30(43-51(10,11)12)32(45-53(16,17)18)33(46-54(19,20)21)35(40-28)42-36(27-39-50(7,8)9)34(47-55(22,23)24)31(44-52(13,14)15)29(41-36)26-38-49(4,5)6/h28-35H,25-27H2,1-24H3/t28-,29-,30-,31?,32+,33-,34+,35-,36+/m1/s1. The molecular formula is C36H86O11Si8. The quantitative estimate of drug-likeness (QED) is 0.103. The van der Waals surface area contributed by atoms with Crippen LogP contribution in [0.1, 0.15) is 0 Å². The first-order valence-electron chi connectivity index (χ1n) is 20.5. The second-order valence-corrected chi connectivity index (χ2v) is 59.1. The van der Waals surface area contributed by atoms with E-state index in [2.05, 4.69) is 157 Å². The predicted octanol–water partition coefficient (Wildman–Crippen LogP) is 9.48. The highest BCUT2D eigenvalue weighted by Gasteiger charge is 2.63. The number of hydrogen-bond acceptors (Lipinski definition) is 11. The van der Waals surface area contributed by atoms with Crippen LogP contribution in [0.25, 0.3) is 0 Å². The molecule has 0 saturated carbocycles. The van der Waals surface area contributed by atoms with E-state index in [1.165, 1.54) is 0 Å². The third kappa shape index (κ3) is 19.7. The van der Waals surface area contributed by atoms with Crippen LogP contribution in [0.2, 0.25) is 157 Å². The van der Waals surface area contributed by atoms with E-state index in [4.69, 9.17) is 49.6 Å². The van der Waals surface area contributed by atoms with Crippen LogP contribution >= 0.6 is 0 Å². The Kier molecular flexibility index (Phi) is 17.9. The van der Waals surface area contributed by atoms with Gasteiger partial charge in [0.05, 0.1) is 19.8 Å². The Balaban J connectivity index is 2.98. The summed E-state index contributed by atoms with van der Waals surface area (Å²) in [6, 6.07) is 0. The average molecular weight is 920 g/mol. The fourth-order valence-electron chi connectivity index (χ4n) is 6.21. The minimum absolute atomic E-state index is 0.136. The Labute approximate surface area is 346 Å². The molecule has 0 N–H and O–H groups in total. The van der Waals surface area contributed by atoms with Crippen molar-refractivity contribution in [3.05, 3.63) is 0 Å². The van der Waals surface area contributed by atoms with Gasteiger partial charge in [0.25, 0.3) is 0 Å². The smallest absolute Gasteiger partial charge is 0.221 e. The lowest BCUT2D eigenvalue weighted by molar-refractivity contribution is -0.376. The van der Waals surface area contributed by atoms with Gasteiger partial charge in [-0.05, 0) is 157 Å². The van der Waals surface area contributed by atoms with Crippen molar-refractivity contribution in [2.24, 2.45) is 0 Å². The molecular weight excluding hydrogens is 833 g/mol. The first-order valence-corrected chi connectivity index (χ1v) is 47.8. The van der Waals surface area contributed by atoms with Gasteiger partial charge in [0.1, 0.15) is 42.7 Å². The molecule has 0 bridgehead atoms. The van der Waals surface area contributed by atoms with Crippen LogP contribution in [0.5, 0.6) is 0 Å². The van der Waals surface area contributed by atoms with E-state index >= 15 is 0 Å². The Bertz CT molecular complexity index is 1190. The van der Waals surface area contributed by atoms with Crippen LogP contribution in [0, 0.1) is 0 Å². The maximum absolute atomic E-state index is 7.53. The summed E-state index contributed by atoms with van der Waals surface area (Å²) in [4.78, 5) is 0. The molecule has 0 amide bonds. The van der Waals surface area contributed by atoms with Crippen LogP contribution in [-0.2, 0) is 49.6 Å². The highest BCUT2D eigenvalue weighted by molar-refractivity contribution is 6.72. The van der Waals surface area contributed by atoms with E-state index in [0.29, 0.717) is 13.2 Å². The molecule has 0 aromatic heterocycles. The monoisotopic (exact) mass is 918 g/mol. The molecule has 19 heteroatoms. The van der Waals surface area contributed by atoms with Crippen LogP contribution in [0.3, 0.4) is 0 Å². The van der Waals surface area contributed by atoms with Gasteiger partial charge in [-0.2, -0.15) is 0 Å². The molecule has 2 aliphatic rings. The SMILES string of the molecule is C[Si](C)(C)OC[C@H]1O[C@@](CO[Si](C)(C)C)(O[C@H]2O[C@H](CO[Si](C)(C)C)[C@@H](O[Si](C)(C)C)[C@H](O[Si](C)(C)C)[C@H]2O[Si](C)(C)C)[C@@H](O[Si](C)(C)C)C1O[Si](C)(C)C. The van der Waals surface area contributed by atoms with E-state index in [0.717, 1.165) is 0 Å². The lowest BCUT2D eigenvalue weighted by atomic mass is 9.99. The van der Waals surface area contributed by atoms with Crippen LogP contribution in [0.15, 0.2) is 0 Å². The second kappa shape index (κ2) is 18.7. The van der Waals surface area contributed by atoms with Gasteiger partial charge in [0.2, 0.25) is 5.79 Å². The zero-order chi connectivity index (χ0) is 43.0. The molecule has 2 aliphatic heterocycles. The molecule has 9 atom stereocenters. The third-order valence-corrected chi connectivity index (χ3v) is 15.8. The van der Waals surface area contributed by atoms with Gasteiger partial charge in [-0.1, -0.05) is 0 Å². The maximum Gasteiger partial charge on any atom is 0.221 e. The van der Waals surface area contributed by atoms with Gasteiger partial charge >= 0.3 is 0 Å². The van der Waals surface area contributed by atoms with Crippen LogP contribution in [-0.4, -0.2) is 141 Å². The molecule has 2 heterocycles. The lowest BCUT2D eigenvalue weighted by Crippen LogP contribution is -2.68. The predicted molar refractivity (Wildman–Crippen MR) is 246 cm³/mol. The van der Waals surface area contributed by atoms with E-state index in [-0.39, 0.29) is 6.61 Å². The topological polar surface area (TPSA) is 102 Å². The van der Waals surface area contributed by atoms with Gasteiger partial charge in [0, 0.05) is 0 Å². The van der Waals surface area contributed by atoms with Crippen LogP contribution < -0.4 is 0 Å². The second-order valence-electron chi connectivity index (χ2n) is 23.3. The summed E-state index contributed by atoms with van der Waals surface area (Å²) in [5.74, 6) is -1.41. The number of ether oxygens (including phenoxy) is 3. The van der Waals surface area contributed by atoms with Crippen molar-refractivity contribution in [2.75, 3.05) is 19.8 Å². The third-order valence-electron chi connectivity index (χ3n) is 7.86. The molecule has 0 aliphatic carbocycles. The first kappa shape index (κ1) is 52.4. The summed E-state index contributed by atoms with van der Waals surface area (Å²) in [6.07, 6.45) is -4.49. The molecule has 2 rings (SSSR count). The zero-order valence-corrected chi connectivity index (χ0v) is 47.7. The number of rotatable bonds is 21. The summed E-state index contributed by atoms with van der Waals surface area (Å²) in [7, 11) is -17.0. The molecule has 328 valence electrons. The van der Waals surface area contributed by atoms with Crippen molar-refractivity contribution < 1.29 is 49.6 Å². The molecule has 11 nitrogen and oxygen atoms in total. The summed E-state index contributed by atoms with van der Waals surface area (Å²) in [5.41, 5.74) is 0. The summed E-state index contributed by atoms with van der Waals surface area (Å²) < 4.78 is 77.8.